The van der Waals surface area contributed by atoms with E-state index in [9.17, 15) is 13.2 Å². The molecular weight excluding hydrogens is 225 g/mol. The van der Waals surface area contributed by atoms with Crippen LogP contribution in [0.5, 0.6) is 0 Å². The molecule has 0 nitrogen and oxygen atoms in total. The molecule has 17 heavy (non-hydrogen) atoms. The Kier molecular flexibility index (Phi) is 16.4. The zero-order valence-corrected chi connectivity index (χ0v) is 11.9. The molecule has 1 aromatic rings. The number of aryl methyl sites for hydroxylation is 2. The molecule has 1 rings (SSSR count). The van der Waals surface area contributed by atoms with Crippen LogP contribution in [0.4, 0.5) is 13.2 Å². The first-order chi connectivity index (χ1) is 7.79. The third kappa shape index (κ3) is 31.3. The Balaban J connectivity index is -0.000000190. The topological polar surface area (TPSA) is 0 Å². The molecular formula is C14H25F3. The van der Waals surface area contributed by atoms with E-state index in [1.54, 1.807) is 0 Å². The lowest BCUT2D eigenvalue weighted by molar-refractivity contribution is -0.110. The predicted molar refractivity (Wildman–Crippen MR) is 70.3 cm³/mol. The molecule has 1 aromatic carbocycles. The van der Waals surface area contributed by atoms with E-state index in [0.717, 1.165) is 0 Å². The van der Waals surface area contributed by atoms with Gasteiger partial charge in [-0.1, -0.05) is 63.1 Å². The van der Waals surface area contributed by atoms with Gasteiger partial charge in [-0.25, -0.2) is 0 Å². The molecule has 0 spiro atoms. The Bertz CT molecular complexity index is 208. The molecule has 0 radical (unpaired) electrons. The molecule has 0 aromatic heterocycles. The van der Waals surface area contributed by atoms with Gasteiger partial charge in [0.05, 0.1) is 0 Å². The highest BCUT2D eigenvalue weighted by molar-refractivity contribution is 5.19. The number of hydrogen-bond acceptors (Lipinski definition) is 0. The van der Waals surface area contributed by atoms with Crippen LogP contribution in [0.3, 0.4) is 0 Å². The van der Waals surface area contributed by atoms with E-state index in [2.05, 4.69) is 38.1 Å². The predicted octanol–water partition coefficient (Wildman–Crippen LogP) is 5.92. The van der Waals surface area contributed by atoms with Gasteiger partial charge in [-0.3, -0.25) is 0 Å². The van der Waals surface area contributed by atoms with Crippen LogP contribution >= 0.6 is 0 Å². The lowest BCUT2D eigenvalue weighted by Gasteiger charge is -1.90. The third-order valence-corrected chi connectivity index (χ3v) is 1.22. The molecule has 0 atom stereocenters. The van der Waals surface area contributed by atoms with Crippen molar-refractivity contribution in [2.24, 2.45) is 0 Å². The Morgan fingerprint density at radius 3 is 0.941 bits per heavy atom. The van der Waals surface area contributed by atoms with Gasteiger partial charge in [0.2, 0.25) is 0 Å². The summed E-state index contributed by atoms with van der Waals surface area (Å²) >= 11 is 0. The monoisotopic (exact) mass is 250 g/mol. The minimum Gasteiger partial charge on any atom is -0.172 e. The van der Waals surface area contributed by atoms with Gasteiger partial charge in [0.1, 0.15) is 0 Å². The van der Waals surface area contributed by atoms with E-state index in [4.69, 9.17) is 0 Å². The van der Waals surface area contributed by atoms with Crippen molar-refractivity contribution in [1.29, 1.82) is 0 Å². The third-order valence-electron chi connectivity index (χ3n) is 1.22. The van der Waals surface area contributed by atoms with Crippen LogP contribution in [-0.4, -0.2) is 6.18 Å². The number of alkyl halides is 3. The second-order valence-electron chi connectivity index (χ2n) is 2.94. The van der Waals surface area contributed by atoms with Gasteiger partial charge in [-0.05, 0) is 13.8 Å². The van der Waals surface area contributed by atoms with Crippen LogP contribution in [0, 0.1) is 13.8 Å². The molecule has 0 bridgehead atoms. The maximum absolute atomic E-state index is 10.4. The summed E-state index contributed by atoms with van der Waals surface area (Å²) in [6, 6.07) is 8.48. The molecule has 0 saturated carbocycles. The van der Waals surface area contributed by atoms with E-state index in [-0.39, 0.29) is 6.92 Å². The molecule has 0 aliphatic heterocycles. The van der Waals surface area contributed by atoms with E-state index >= 15 is 0 Å². The van der Waals surface area contributed by atoms with Gasteiger partial charge in [0.25, 0.3) is 0 Å². The first-order valence-corrected chi connectivity index (χ1v) is 5.89. The molecule has 0 aliphatic carbocycles. The van der Waals surface area contributed by atoms with Crippen molar-refractivity contribution in [1.82, 2.24) is 0 Å². The van der Waals surface area contributed by atoms with Crippen LogP contribution in [0.25, 0.3) is 0 Å². The molecule has 0 unspecified atom stereocenters. The summed E-state index contributed by atoms with van der Waals surface area (Å²) in [5, 5.41) is 0. The minimum atomic E-state index is -4.00. The van der Waals surface area contributed by atoms with Gasteiger partial charge >= 0.3 is 6.18 Å². The van der Waals surface area contributed by atoms with Crippen molar-refractivity contribution >= 4 is 0 Å². The highest BCUT2D eigenvalue weighted by atomic mass is 19.4. The fourth-order valence-electron chi connectivity index (χ4n) is 0.637. The number of hydrogen-bond donors (Lipinski definition) is 0. The van der Waals surface area contributed by atoms with Crippen LogP contribution in [0.1, 0.15) is 45.7 Å². The van der Waals surface area contributed by atoms with E-state index in [1.165, 1.54) is 11.1 Å². The van der Waals surface area contributed by atoms with Gasteiger partial charge in [-0.2, -0.15) is 13.2 Å². The Morgan fingerprint density at radius 1 is 0.706 bits per heavy atom. The van der Waals surface area contributed by atoms with E-state index in [0.29, 0.717) is 0 Å². The first-order valence-electron chi connectivity index (χ1n) is 5.89. The first kappa shape index (κ1) is 21.3. The summed E-state index contributed by atoms with van der Waals surface area (Å²) in [6.07, 6.45) is -4.00. The maximum Gasteiger partial charge on any atom is 0.386 e. The molecule has 0 heterocycles. The second kappa shape index (κ2) is 13.1. The molecule has 0 aliphatic rings. The Labute approximate surface area is 104 Å². The minimum absolute atomic E-state index is 0.188. The van der Waals surface area contributed by atoms with E-state index < -0.39 is 6.18 Å². The van der Waals surface area contributed by atoms with Crippen LogP contribution in [0.2, 0.25) is 0 Å². The molecule has 0 N–H and O–H groups in total. The van der Waals surface area contributed by atoms with Crippen LogP contribution in [0.15, 0.2) is 24.3 Å². The highest BCUT2D eigenvalue weighted by Gasteiger charge is 2.15. The highest BCUT2D eigenvalue weighted by Crippen LogP contribution is 2.10. The Hall–Kier alpha value is -0.990. The van der Waals surface area contributed by atoms with Crippen molar-refractivity contribution in [3.63, 3.8) is 0 Å². The average molecular weight is 250 g/mol. The van der Waals surface area contributed by atoms with Gasteiger partial charge in [0.15, 0.2) is 0 Å². The maximum atomic E-state index is 10.4. The fraction of sp³-hybridized carbons (Fsp3) is 0.571. The largest absolute Gasteiger partial charge is 0.386 e. The van der Waals surface area contributed by atoms with Gasteiger partial charge in [-0.15, -0.1) is 0 Å². The van der Waals surface area contributed by atoms with Crippen molar-refractivity contribution in [3.05, 3.63) is 35.4 Å². The quantitative estimate of drug-likeness (QED) is 0.535. The fourth-order valence-corrected chi connectivity index (χ4v) is 0.637. The van der Waals surface area contributed by atoms with Crippen molar-refractivity contribution in [2.45, 2.75) is 54.6 Å². The summed E-state index contributed by atoms with van der Waals surface area (Å²) in [6.45, 7) is 12.4. The standard InChI is InChI=1S/C8H10.C2H3F3.2C2H6/c1-7-3-5-8(2)6-4-7;1-2(3,4)5;2*1-2/h3-6H,1-2H3;1H3;2*1-2H3. The number of halogens is 3. The average Bonchev–Trinajstić information content (AvgIpc) is 2.26. The zero-order valence-electron chi connectivity index (χ0n) is 11.9. The van der Waals surface area contributed by atoms with Crippen LogP contribution < -0.4 is 0 Å². The summed E-state index contributed by atoms with van der Waals surface area (Å²) in [5.74, 6) is 0. The molecule has 0 fully saturated rings. The van der Waals surface area contributed by atoms with Crippen molar-refractivity contribution in [3.8, 4) is 0 Å². The summed E-state index contributed by atoms with van der Waals surface area (Å²) in [5.41, 5.74) is 2.66. The smallest absolute Gasteiger partial charge is 0.172 e. The molecule has 102 valence electrons. The SMILES string of the molecule is CC.CC.CC(F)(F)F.Cc1ccc(C)cc1. The Morgan fingerprint density at radius 2 is 0.824 bits per heavy atom. The van der Waals surface area contributed by atoms with Crippen molar-refractivity contribution in [2.75, 3.05) is 0 Å². The number of rotatable bonds is 0. The molecule has 3 heteroatoms. The summed E-state index contributed by atoms with van der Waals surface area (Å²) < 4.78 is 31.1. The lowest BCUT2D eigenvalue weighted by atomic mass is 10.2. The molecule has 0 amide bonds. The normalized spacial score (nSPS) is 8.59. The van der Waals surface area contributed by atoms with Gasteiger partial charge in [0, 0.05) is 6.92 Å². The van der Waals surface area contributed by atoms with Gasteiger partial charge < -0.3 is 0 Å². The summed E-state index contributed by atoms with van der Waals surface area (Å²) in [7, 11) is 0. The number of benzene rings is 1. The zero-order chi connectivity index (χ0) is 14.5. The van der Waals surface area contributed by atoms with Crippen molar-refractivity contribution < 1.29 is 13.2 Å². The lowest BCUT2D eigenvalue weighted by Crippen LogP contribution is -1.95. The second-order valence-corrected chi connectivity index (χ2v) is 2.94. The summed E-state index contributed by atoms with van der Waals surface area (Å²) in [4.78, 5) is 0. The van der Waals surface area contributed by atoms with E-state index in [1.807, 2.05) is 27.7 Å². The molecule has 0 saturated heterocycles. The van der Waals surface area contributed by atoms with Crippen LogP contribution in [-0.2, 0) is 0 Å².